The molecule has 0 aliphatic carbocycles. The van der Waals surface area contributed by atoms with E-state index in [1.165, 1.54) is 29.2 Å². The predicted molar refractivity (Wildman–Crippen MR) is 151 cm³/mol. The number of nitrogens with zero attached hydrogens (tertiary/aromatic N) is 1. The molecule has 0 aliphatic rings. The van der Waals surface area contributed by atoms with Crippen LogP contribution in [0.15, 0.2) is 107 Å². The van der Waals surface area contributed by atoms with Gasteiger partial charge in [0.2, 0.25) is 5.91 Å². The summed E-state index contributed by atoms with van der Waals surface area (Å²) >= 11 is 2.74. The maximum absolute atomic E-state index is 13.1. The summed E-state index contributed by atoms with van der Waals surface area (Å²) in [5, 5.41) is 18.2. The summed E-state index contributed by atoms with van der Waals surface area (Å²) in [6.45, 7) is 0. The number of anilines is 2. The van der Waals surface area contributed by atoms with Gasteiger partial charge in [-0.1, -0.05) is 54.6 Å². The number of carbonyl (C=O) groups is 3. The van der Waals surface area contributed by atoms with Crippen LogP contribution in [0.4, 0.5) is 10.8 Å². The number of rotatable bonds is 8. The number of hydrogen-bond acceptors (Lipinski definition) is 6. The lowest BCUT2D eigenvalue weighted by molar-refractivity contribution is -0.115. The molecule has 1 aromatic heterocycles. The van der Waals surface area contributed by atoms with Crippen LogP contribution in [0.5, 0.6) is 0 Å². The van der Waals surface area contributed by atoms with E-state index >= 15 is 0 Å². The van der Waals surface area contributed by atoms with Crippen LogP contribution in [0.25, 0.3) is 10.8 Å². The first-order valence-electron chi connectivity index (χ1n) is 11.6. The Bertz CT molecular complexity index is 1600. The summed E-state index contributed by atoms with van der Waals surface area (Å²) in [4.78, 5) is 43.0. The SMILES string of the molecule is O=C(O)c1cccc2cccc(C(=O)Nc3ccc(SC(C(=O)Nc4nccs4)c4ccccc4)cc3)c12. The van der Waals surface area contributed by atoms with Gasteiger partial charge in [0.1, 0.15) is 5.25 Å². The summed E-state index contributed by atoms with van der Waals surface area (Å²) in [5.74, 6) is -1.68. The molecule has 2 amide bonds. The lowest BCUT2D eigenvalue weighted by atomic mass is 9.98. The third-order valence-corrected chi connectivity index (χ3v) is 7.70. The molecular formula is C29H21N3O4S2. The molecule has 1 atom stereocenters. The first-order valence-corrected chi connectivity index (χ1v) is 13.3. The monoisotopic (exact) mass is 539 g/mol. The van der Waals surface area contributed by atoms with E-state index in [1.54, 1.807) is 54.0 Å². The number of carboxylic acids is 1. The van der Waals surface area contributed by atoms with E-state index in [9.17, 15) is 19.5 Å². The topological polar surface area (TPSA) is 108 Å². The maximum Gasteiger partial charge on any atom is 0.336 e. The average molecular weight is 540 g/mol. The fourth-order valence-corrected chi connectivity index (χ4v) is 5.57. The van der Waals surface area contributed by atoms with Gasteiger partial charge >= 0.3 is 5.97 Å². The van der Waals surface area contributed by atoms with Crippen LogP contribution in [0, 0.1) is 0 Å². The van der Waals surface area contributed by atoms with Crippen LogP contribution >= 0.6 is 23.1 Å². The zero-order chi connectivity index (χ0) is 26.5. The molecule has 38 heavy (non-hydrogen) atoms. The fraction of sp³-hybridized carbons (Fsp3) is 0.0345. The van der Waals surface area contributed by atoms with Crippen molar-refractivity contribution in [3.63, 3.8) is 0 Å². The Morgan fingerprint density at radius 2 is 1.53 bits per heavy atom. The minimum atomic E-state index is -1.09. The van der Waals surface area contributed by atoms with E-state index in [4.69, 9.17) is 0 Å². The first-order chi connectivity index (χ1) is 18.5. The molecule has 5 rings (SSSR count). The van der Waals surface area contributed by atoms with Crippen molar-refractivity contribution in [2.24, 2.45) is 0 Å². The number of fused-ring (bicyclic) bond motifs is 1. The average Bonchev–Trinajstić information content (AvgIpc) is 3.45. The molecule has 7 nitrogen and oxygen atoms in total. The van der Waals surface area contributed by atoms with Gasteiger partial charge in [-0.15, -0.1) is 23.1 Å². The molecule has 0 radical (unpaired) electrons. The van der Waals surface area contributed by atoms with Crippen LogP contribution in [0.1, 0.15) is 31.5 Å². The number of thioether (sulfide) groups is 1. The number of carboxylic acid groups (broad SMARTS) is 1. The predicted octanol–water partition coefficient (Wildman–Crippen LogP) is 6.72. The van der Waals surface area contributed by atoms with Crippen molar-refractivity contribution >= 4 is 62.5 Å². The highest BCUT2D eigenvalue weighted by atomic mass is 32.2. The molecule has 1 unspecified atom stereocenters. The molecule has 0 aliphatic heterocycles. The second-order valence-corrected chi connectivity index (χ2v) is 10.3. The quantitative estimate of drug-likeness (QED) is 0.189. The van der Waals surface area contributed by atoms with Crippen LogP contribution < -0.4 is 10.6 Å². The summed E-state index contributed by atoms with van der Waals surface area (Å²) in [7, 11) is 0. The van der Waals surface area contributed by atoms with Crippen LogP contribution in [-0.2, 0) is 4.79 Å². The number of nitrogens with one attached hydrogen (secondary N) is 2. The van der Waals surface area contributed by atoms with Gasteiger partial charge in [-0.2, -0.15) is 0 Å². The number of aromatic nitrogens is 1. The minimum Gasteiger partial charge on any atom is -0.478 e. The summed E-state index contributed by atoms with van der Waals surface area (Å²) in [6, 6.07) is 26.7. The maximum atomic E-state index is 13.1. The smallest absolute Gasteiger partial charge is 0.336 e. The molecule has 0 spiro atoms. The summed E-state index contributed by atoms with van der Waals surface area (Å²) < 4.78 is 0. The van der Waals surface area contributed by atoms with Crippen LogP contribution in [0.2, 0.25) is 0 Å². The van der Waals surface area contributed by atoms with Crippen LogP contribution in [-0.4, -0.2) is 27.9 Å². The first kappa shape index (κ1) is 25.2. The van der Waals surface area contributed by atoms with E-state index in [1.807, 2.05) is 42.5 Å². The molecule has 188 valence electrons. The lowest BCUT2D eigenvalue weighted by Gasteiger charge is -2.16. The van der Waals surface area contributed by atoms with Gasteiger partial charge in [-0.3, -0.25) is 9.59 Å². The van der Waals surface area contributed by atoms with Gasteiger partial charge in [0.15, 0.2) is 5.13 Å². The van der Waals surface area contributed by atoms with Crippen molar-refractivity contribution in [2.75, 3.05) is 10.6 Å². The number of benzene rings is 4. The molecular weight excluding hydrogens is 518 g/mol. The Morgan fingerprint density at radius 1 is 0.816 bits per heavy atom. The highest BCUT2D eigenvalue weighted by molar-refractivity contribution is 8.00. The van der Waals surface area contributed by atoms with Crippen molar-refractivity contribution < 1.29 is 19.5 Å². The number of aromatic carboxylic acids is 1. The molecule has 1 heterocycles. The third kappa shape index (κ3) is 5.59. The Labute approximate surface area is 226 Å². The summed E-state index contributed by atoms with van der Waals surface area (Å²) in [6.07, 6.45) is 1.64. The zero-order valence-corrected chi connectivity index (χ0v) is 21.5. The number of carbonyl (C=O) groups excluding carboxylic acids is 2. The van der Waals surface area contributed by atoms with Crippen molar-refractivity contribution in [3.05, 3.63) is 119 Å². The second-order valence-electron chi connectivity index (χ2n) is 8.23. The van der Waals surface area contributed by atoms with Gasteiger partial charge in [-0.25, -0.2) is 9.78 Å². The molecule has 3 N–H and O–H groups in total. The molecule has 5 aromatic rings. The Morgan fingerprint density at radius 3 is 2.18 bits per heavy atom. The molecule has 0 saturated heterocycles. The van der Waals surface area contributed by atoms with Crippen molar-refractivity contribution in [3.8, 4) is 0 Å². The van der Waals surface area contributed by atoms with Crippen molar-refractivity contribution in [2.45, 2.75) is 10.1 Å². The van der Waals surface area contributed by atoms with E-state index in [0.29, 0.717) is 21.6 Å². The Hall–Kier alpha value is -4.47. The highest BCUT2D eigenvalue weighted by Crippen LogP contribution is 2.37. The normalized spacial score (nSPS) is 11.6. The molecule has 0 saturated carbocycles. The largest absolute Gasteiger partial charge is 0.478 e. The van der Waals surface area contributed by atoms with Gasteiger partial charge in [0, 0.05) is 33.1 Å². The lowest BCUT2D eigenvalue weighted by Crippen LogP contribution is -2.18. The number of thiazole rings is 1. The van der Waals surface area contributed by atoms with Gasteiger partial charge < -0.3 is 15.7 Å². The van der Waals surface area contributed by atoms with E-state index < -0.39 is 17.1 Å². The van der Waals surface area contributed by atoms with Crippen LogP contribution in [0.3, 0.4) is 0 Å². The Kier molecular flexibility index (Phi) is 7.48. The summed E-state index contributed by atoms with van der Waals surface area (Å²) in [5.41, 5.74) is 1.76. The molecule has 4 aromatic carbocycles. The van der Waals surface area contributed by atoms with E-state index in [2.05, 4.69) is 15.6 Å². The minimum absolute atomic E-state index is 0.0722. The fourth-order valence-electron chi connectivity index (χ4n) is 4.02. The highest BCUT2D eigenvalue weighted by Gasteiger charge is 2.23. The number of amides is 2. The number of hydrogen-bond donors (Lipinski definition) is 3. The van der Waals surface area contributed by atoms with Crippen molar-refractivity contribution in [1.29, 1.82) is 0 Å². The van der Waals surface area contributed by atoms with E-state index in [-0.39, 0.29) is 17.0 Å². The van der Waals surface area contributed by atoms with Gasteiger partial charge in [0.05, 0.1) is 5.56 Å². The van der Waals surface area contributed by atoms with Crippen molar-refractivity contribution in [1.82, 2.24) is 4.98 Å². The molecule has 0 fully saturated rings. The molecule has 0 bridgehead atoms. The third-order valence-electron chi connectivity index (χ3n) is 5.75. The van der Waals surface area contributed by atoms with E-state index in [0.717, 1.165) is 10.5 Å². The van der Waals surface area contributed by atoms with Gasteiger partial charge in [0.25, 0.3) is 5.91 Å². The van der Waals surface area contributed by atoms with Gasteiger partial charge in [-0.05, 0) is 47.3 Å². The second kappa shape index (κ2) is 11.3. The standard InChI is InChI=1S/C29H21N3O4S2/c33-26(22-10-4-8-18-9-5-11-23(24(18)22)28(35)36)31-20-12-14-21(15-13-20)38-25(19-6-2-1-3-7-19)27(34)32-29-30-16-17-37-29/h1-17,25H,(H,31,33)(H,35,36)(H,30,32,34). The molecule has 9 heteroatoms. The zero-order valence-electron chi connectivity index (χ0n) is 19.8. The Balaban J connectivity index is 1.35.